The van der Waals surface area contributed by atoms with E-state index in [-0.39, 0.29) is 12.2 Å². The van der Waals surface area contributed by atoms with E-state index in [0.29, 0.717) is 20.7 Å². The molecular weight excluding hydrogens is 362 g/mol. The third kappa shape index (κ3) is 4.12. The first-order chi connectivity index (χ1) is 11.9. The van der Waals surface area contributed by atoms with Crippen molar-refractivity contribution in [2.75, 3.05) is 0 Å². The predicted octanol–water partition coefficient (Wildman–Crippen LogP) is 3.18. The lowest BCUT2D eigenvalue weighted by atomic mass is 10.1. The highest BCUT2D eigenvalue weighted by Gasteiger charge is 2.09. The number of esters is 1. The minimum absolute atomic E-state index is 0.0235. The molecule has 0 aliphatic heterocycles. The molecule has 0 saturated carbocycles. The van der Waals surface area contributed by atoms with Gasteiger partial charge in [0, 0.05) is 22.9 Å². The van der Waals surface area contributed by atoms with Crippen molar-refractivity contribution in [1.82, 2.24) is 14.6 Å². The predicted molar refractivity (Wildman–Crippen MR) is 96.9 cm³/mol. The Hall–Kier alpha value is -2.51. The van der Waals surface area contributed by atoms with Gasteiger partial charge in [-0.25, -0.2) is 9.78 Å². The van der Waals surface area contributed by atoms with E-state index >= 15 is 0 Å². The van der Waals surface area contributed by atoms with Crippen LogP contribution < -0.4 is 5.56 Å². The molecule has 2 heterocycles. The van der Waals surface area contributed by atoms with E-state index in [1.54, 1.807) is 19.1 Å². The van der Waals surface area contributed by atoms with Crippen LogP contribution in [0, 0.1) is 13.8 Å². The largest absolute Gasteiger partial charge is 0.455 e. The van der Waals surface area contributed by atoms with E-state index in [1.165, 1.54) is 28.0 Å². The summed E-state index contributed by atoms with van der Waals surface area (Å²) >= 11 is 7.25. The molecular formula is C17H14ClN3O3S. The lowest BCUT2D eigenvalue weighted by molar-refractivity contribution is -0.138. The summed E-state index contributed by atoms with van der Waals surface area (Å²) in [7, 11) is 0. The molecule has 0 spiro atoms. The Morgan fingerprint density at radius 3 is 2.92 bits per heavy atom. The van der Waals surface area contributed by atoms with Crippen molar-refractivity contribution in [3.63, 3.8) is 0 Å². The Labute approximate surface area is 152 Å². The van der Waals surface area contributed by atoms with Gasteiger partial charge in [-0.15, -0.1) is 0 Å². The molecule has 25 heavy (non-hydrogen) atoms. The maximum Gasteiger partial charge on any atom is 0.331 e. The second-order valence-electron chi connectivity index (χ2n) is 5.38. The Morgan fingerprint density at radius 2 is 2.16 bits per heavy atom. The first-order valence-corrected chi connectivity index (χ1v) is 8.59. The van der Waals surface area contributed by atoms with Gasteiger partial charge in [0.1, 0.15) is 6.61 Å². The molecule has 2 aromatic heterocycles. The summed E-state index contributed by atoms with van der Waals surface area (Å²) in [6.45, 7) is 3.62. The van der Waals surface area contributed by atoms with Crippen LogP contribution in [0.3, 0.4) is 0 Å². The fourth-order valence-corrected chi connectivity index (χ4v) is 3.12. The average Bonchev–Trinajstić information content (AvgIpc) is 2.97. The number of ether oxygens (including phenoxy) is 1. The van der Waals surface area contributed by atoms with Crippen molar-refractivity contribution in [2.45, 2.75) is 20.5 Å². The minimum atomic E-state index is -0.507. The molecule has 0 radical (unpaired) electrons. The fourth-order valence-electron chi connectivity index (χ4n) is 2.08. The summed E-state index contributed by atoms with van der Waals surface area (Å²) in [5.74, 6) is -0.507. The number of aryl methyl sites for hydroxylation is 2. The highest BCUT2D eigenvalue weighted by Crippen LogP contribution is 2.17. The van der Waals surface area contributed by atoms with Crippen molar-refractivity contribution < 1.29 is 9.53 Å². The fraction of sp³-hybridized carbons (Fsp3) is 0.176. The molecule has 8 heteroatoms. The van der Waals surface area contributed by atoms with Crippen molar-refractivity contribution in [2.24, 2.45) is 0 Å². The normalized spacial score (nSPS) is 11.3. The molecule has 0 atom stereocenters. The van der Waals surface area contributed by atoms with Crippen molar-refractivity contribution in [1.29, 1.82) is 0 Å². The van der Waals surface area contributed by atoms with Crippen LogP contribution in [0.2, 0.25) is 5.02 Å². The van der Waals surface area contributed by atoms with Crippen LogP contribution in [0.15, 0.2) is 35.1 Å². The molecule has 128 valence electrons. The average molecular weight is 376 g/mol. The van der Waals surface area contributed by atoms with E-state index in [9.17, 15) is 9.59 Å². The SMILES string of the molecule is Cc1cc(=O)n2nc(COC(=O)/C=C/c3ccc(C)c(Cl)c3)sc2n1. The van der Waals surface area contributed by atoms with Gasteiger partial charge in [-0.1, -0.05) is 35.1 Å². The van der Waals surface area contributed by atoms with Gasteiger partial charge < -0.3 is 4.74 Å². The molecule has 0 N–H and O–H groups in total. The van der Waals surface area contributed by atoms with E-state index in [2.05, 4.69) is 10.1 Å². The van der Waals surface area contributed by atoms with Gasteiger partial charge in [0.2, 0.25) is 4.96 Å². The number of benzene rings is 1. The molecule has 0 amide bonds. The summed E-state index contributed by atoms with van der Waals surface area (Å²) in [6, 6.07) is 6.91. The number of hydrogen-bond donors (Lipinski definition) is 0. The van der Waals surface area contributed by atoms with Crippen molar-refractivity contribution in [3.8, 4) is 0 Å². The highest BCUT2D eigenvalue weighted by molar-refractivity contribution is 7.16. The lowest BCUT2D eigenvalue weighted by Crippen LogP contribution is -2.14. The number of carbonyl (C=O) groups excluding carboxylic acids is 1. The zero-order chi connectivity index (χ0) is 18.0. The van der Waals surface area contributed by atoms with Gasteiger partial charge in [0.05, 0.1) is 0 Å². The topological polar surface area (TPSA) is 73.6 Å². The second kappa shape index (κ2) is 7.16. The second-order valence-corrected chi connectivity index (χ2v) is 6.82. The third-order valence-corrected chi connectivity index (χ3v) is 4.65. The zero-order valence-corrected chi connectivity index (χ0v) is 15.1. The number of fused-ring (bicyclic) bond motifs is 1. The summed E-state index contributed by atoms with van der Waals surface area (Å²) < 4.78 is 6.35. The standard InChI is InChI=1S/C17H14ClN3O3S/c1-10-3-4-12(8-13(10)18)5-6-16(23)24-9-14-20-21-15(22)7-11(2)19-17(21)25-14/h3-8H,9H2,1-2H3/b6-5+. The van der Waals surface area contributed by atoms with E-state index in [0.717, 1.165) is 11.1 Å². The van der Waals surface area contributed by atoms with Crippen LogP contribution in [0.1, 0.15) is 21.8 Å². The molecule has 0 saturated heterocycles. The zero-order valence-electron chi connectivity index (χ0n) is 13.5. The maximum absolute atomic E-state index is 11.8. The number of hydrogen-bond acceptors (Lipinski definition) is 6. The number of rotatable bonds is 4. The van der Waals surface area contributed by atoms with Crippen molar-refractivity contribution >= 4 is 39.9 Å². The summed E-state index contributed by atoms with van der Waals surface area (Å²) in [6.07, 6.45) is 2.95. The highest BCUT2D eigenvalue weighted by atomic mass is 35.5. The Kier molecular flexibility index (Phi) is 4.96. The van der Waals surface area contributed by atoms with Crippen LogP contribution in [0.5, 0.6) is 0 Å². The number of nitrogens with zero attached hydrogens (tertiary/aromatic N) is 3. The van der Waals surface area contributed by atoms with Gasteiger partial charge >= 0.3 is 5.97 Å². The molecule has 1 aromatic carbocycles. The van der Waals surface area contributed by atoms with Gasteiger partial charge in [-0.3, -0.25) is 4.79 Å². The summed E-state index contributed by atoms with van der Waals surface area (Å²) in [5, 5.41) is 5.24. The Morgan fingerprint density at radius 1 is 1.36 bits per heavy atom. The van der Waals surface area contributed by atoms with Crippen LogP contribution in [-0.4, -0.2) is 20.6 Å². The van der Waals surface area contributed by atoms with Crippen molar-refractivity contribution in [3.05, 3.63) is 67.5 Å². The number of halogens is 1. The molecule has 0 aliphatic rings. The summed E-state index contributed by atoms with van der Waals surface area (Å²) in [4.78, 5) is 28.3. The van der Waals surface area contributed by atoms with Crippen LogP contribution in [0.4, 0.5) is 0 Å². The van der Waals surface area contributed by atoms with Gasteiger partial charge in [-0.2, -0.15) is 9.61 Å². The van der Waals surface area contributed by atoms with Gasteiger partial charge in [-0.05, 0) is 37.1 Å². The monoisotopic (exact) mass is 375 g/mol. The van der Waals surface area contributed by atoms with E-state index in [1.807, 2.05) is 19.1 Å². The number of carbonyl (C=O) groups is 1. The Bertz CT molecular complexity index is 1040. The van der Waals surface area contributed by atoms with Crippen LogP contribution in [-0.2, 0) is 16.1 Å². The van der Waals surface area contributed by atoms with E-state index in [4.69, 9.17) is 16.3 Å². The Balaban J connectivity index is 1.66. The third-order valence-electron chi connectivity index (χ3n) is 3.36. The molecule has 6 nitrogen and oxygen atoms in total. The molecule has 0 aliphatic carbocycles. The number of aromatic nitrogens is 3. The smallest absolute Gasteiger partial charge is 0.331 e. The van der Waals surface area contributed by atoms with Crippen LogP contribution >= 0.6 is 22.9 Å². The molecule has 0 bridgehead atoms. The lowest BCUT2D eigenvalue weighted by Gasteiger charge is -2.00. The van der Waals surface area contributed by atoms with Gasteiger partial charge in [0.25, 0.3) is 5.56 Å². The minimum Gasteiger partial charge on any atom is -0.455 e. The molecule has 0 fully saturated rings. The summed E-state index contributed by atoms with van der Waals surface area (Å²) in [5.41, 5.74) is 2.14. The molecule has 0 unspecified atom stereocenters. The molecule has 3 aromatic rings. The first-order valence-electron chi connectivity index (χ1n) is 7.40. The quantitative estimate of drug-likeness (QED) is 0.517. The van der Waals surface area contributed by atoms with Crippen LogP contribution in [0.25, 0.3) is 11.0 Å². The molecule has 3 rings (SSSR count). The van der Waals surface area contributed by atoms with E-state index < -0.39 is 5.97 Å². The first kappa shape index (κ1) is 17.3. The maximum atomic E-state index is 11.8. The van der Waals surface area contributed by atoms with Gasteiger partial charge in [0.15, 0.2) is 5.01 Å².